The van der Waals surface area contributed by atoms with E-state index in [1.54, 1.807) is 24.2 Å². The van der Waals surface area contributed by atoms with Gasteiger partial charge in [0.25, 0.3) is 5.91 Å². The van der Waals surface area contributed by atoms with E-state index in [1.165, 1.54) is 0 Å². The van der Waals surface area contributed by atoms with Gasteiger partial charge in [-0.2, -0.15) is 0 Å². The van der Waals surface area contributed by atoms with Crippen LogP contribution in [0.4, 0.5) is 0 Å². The van der Waals surface area contributed by atoms with Crippen LogP contribution in [0, 0.1) is 0 Å². The van der Waals surface area contributed by atoms with Crippen LogP contribution in [0.2, 0.25) is 0 Å². The Morgan fingerprint density at radius 3 is 2.72 bits per heavy atom. The average Bonchev–Trinajstić information content (AvgIpc) is 3.48. The van der Waals surface area contributed by atoms with Crippen LogP contribution in [0.15, 0.2) is 23.4 Å². The molecule has 0 aromatic carbocycles. The number of primary amides is 1. The number of amides is 1. The van der Waals surface area contributed by atoms with Gasteiger partial charge in [0, 0.05) is 31.5 Å². The van der Waals surface area contributed by atoms with Gasteiger partial charge in [-0.1, -0.05) is 0 Å². The number of carbonyl (C=O) groups is 1. The lowest BCUT2D eigenvalue weighted by Gasteiger charge is -2.28. The maximum atomic E-state index is 13.0. The number of nitrogens with one attached hydrogen (secondary N) is 1. The standard InChI is InChI=1S/C24H28N8O4/c1-35-15-7-5-14(6-8-15)32-23-19(29-24(32)34)18(20(25)33)28-21(30-23)13-10-16-22(26-11-13)27-12-31(16)17-4-2-3-9-36-17/h10-12,14-15,17H,2-9H2,1H3,(H2,25,33)(H,29,34)/t14-,15+,17?. The fraction of sp³-hybridized carbons (Fsp3) is 0.500. The Morgan fingerprint density at radius 2 is 2.00 bits per heavy atom. The van der Waals surface area contributed by atoms with Crippen molar-refractivity contribution in [3.8, 4) is 11.4 Å². The highest BCUT2D eigenvalue weighted by molar-refractivity contribution is 6.02. The molecule has 0 bridgehead atoms. The predicted octanol–water partition coefficient (Wildman–Crippen LogP) is 2.46. The summed E-state index contributed by atoms with van der Waals surface area (Å²) in [5.74, 6) is -0.476. The van der Waals surface area contributed by atoms with Crippen molar-refractivity contribution < 1.29 is 14.3 Å². The number of hydrogen-bond acceptors (Lipinski definition) is 8. The molecule has 1 aliphatic heterocycles. The van der Waals surface area contributed by atoms with E-state index in [9.17, 15) is 9.59 Å². The molecular formula is C24H28N8O4. The lowest BCUT2D eigenvalue weighted by Crippen LogP contribution is -2.28. The van der Waals surface area contributed by atoms with Crippen molar-refractivity contribution in [3.05, 3.63) is 34.8 Å². The zero-order valence-electron chi connectivity index (χ0n) is 20.0. The topological polar surface area (TPSA) is 156 Å². The number of aromatic amines is 1. The highest BCUT2D eigenvalue weighted by Crippen LogP contribution is 2.32. The van der Waals surface area contributed by atoms with Gasteiger partial charge in [-0.05, 0) is 51.0 Å². The number of hydrogen-bond donors (Lipinski definition) is 2. The smallest absolute Gasteiger partial charge is 0.327 e. The number of methoxy groups -OCH3 is 1. The summed E-state index contributed by atoms with van der Waals surface area (Å²) in [6, 6.07) is 1.82. The van der Waals surface area contributed by atoms with E-state index in [2.05, 4.69) is 19.9 Å². The Labute approximate surface area is 205 Å². The molecule has 36 heavy (non-hydrogen) atoms. The lowest BCUT2D eigenvalue weighted by atomic mass is 9.93. The number of aromatic nitrogens is 7. The molecule has 12 heteroatoms. The van der Waals surface area contributed by atoms with Gasteiger partial charge in [0.1, 0.15) is 11.7 Å². The SMILES string of the molecule is CO[C@H]1CC[C@@H](n2c(=O)[nH]c3c(C(N)=O)nc(-c4cnc5ncn(C6CCCCO6)c5c4)nc32)CC1. The van der Waals surface area contributed by atoms with E-state index in [4.69, 9.17) is 20.2 Å². The highest BCUT2D eigenvalue weighted by atomic mass is 16.5. The van der Waals surface area contributed by atoms with Crippen LogP contribution in [0.25, 0.3) is 33.7 Å². The van der Waals surface area contributed by atoms with Gasteiger partial charge >= 0.3 is 5.69 Å². The van der Waals surface area contributed by atoms with Gasteiger partial charge in [0.15, 0.2) is 22.8 Å². The summed E-state index contributed by atoms with van der Waals surface area (Å²) in [5.41, 5.74) is 7.88. The summed E-state index contributed by atoms with van der Waals surface area (Å²) < 4.78 is 15.0. The summed E-state index contributed by atoms with van der Waals surface area (Å²) in [6.45, 7) is 0.705. The molecule has 1 saturated carbocycles. The predicted molar refractivity (Wildman–Crippen MR) is 130 cm³/mol. The largest absolute Gasteiger partial charge is 0.381 e. The van der Waals surface area contributed by atoms with Gasteiger partial charge < -0.3 is 24.8 Å². The zero-order chi connectivity index (χ0) is 24.8. The first-order valence-electron chi connectivity index (χ1n) is 12.3. The van der Waals surface area contributed by atoms with Crippen LogP contribution in [0.3, 0.4) is 0 Å². The normalized spacial score (nSPS) is 22.9. The Bertz CT molecular complexity index is 1490. The summed E-state index contributed by atoms with van der Waals surface area (Å²) in [5, 5.41) is 0. The quantitative estimate of drug-likeness (QED) is 0.430. The number of rotatable bonds is 5. The van der Waals surface area contributed by atoms with Gasteiger partial charge in [-0.3, -0.25) is 9.36 Å². The number of nitrogens with two attached hydrogens (primary N) is 1. The maximum absolute atomic E-state index is 13.0. The molecule has 4 aromatic rings. The van der Waals surface area contributed by atoms with Crippen molar-refractivity contribution in [1.82, 2.24) is 34.1 Å². The van der Waals surface area contributed by atoms with E-state index in [0.29, 0.717) is 23.5 Å². The monoisotopic (exact) mass is 492 g/mol. The van der Waals surface area contributed by atoms with E-state index < -0.39 is 5.91 Å². The van der Waals surface area contributed by atoms with Crippen molar-refractivity contribution in [3.63, 3.8) is 0 Å². The number of fused-ring (bicyclic) bond motifs is 2. The van der Waals surface area contributed by atoms with Crippen molar-refractivity contribution in [2.24, 2.45) is 5.73 Å². The Morgan fingerprint density at radius 1 is 1.17 bits per heavy atom. The fourth-order valence-corrected chi connectivity index (χ4v) is 5.40. The maximum Gasteiger partial charge on any atom is 0.327 e. The van der Waals surface area contributed by atoms with Gasteiger partial charge in [-0.25, -0.2) is 24.7 Å². The van der Waals surface area contributed by atoms with Crippen LogP contribution in [0.5, 0.6) is 0 Å². The molecule has 5 heterocycles. The van der Waals surface area contributed by atoms with E-state index >= 15 is 0 Å². The number of ether oxygens (including phenoxy) is 2. The van der Waals surface area contributed by atoms with Crippen LogP contribution in [-0.4, -0.2) is 59.8 Å². The second kappa shape index (κ2) is 9.10. The second-order valence-corrected chi connectivity index (χ2v) is 9.46. The number of nitrogens with zero attached hydrogens (tertiary/aromatic N) is 6. The van der Waals surface area contributed by atoms with Crippen molar-refractivity contribution in [1.29, 1.82) is 0 Å². The van der Waals surface area contributed by atoms with Gasteiger partial charge in [0.2, 0.25) is 0 Å². The first-order chi connectivity index (χ1) is 17.5. The minimum absolute atomic E-state index is 0.0272. The molecule has 6 rings (SSSR count). The van der Waals surface area contributed by atoms with Crippen LogP contribution < -0.4 is 11.4 Å². The number of H-pyrrole nitrogens is 1. The van der Waals surface area contributed by atoms with Gasteiger partial charge in [-0.15, -0.1) is 0 Å². The Hall–Kier alpha value is -3.64. The van der Waals surface area contributed by atoms with E-state index in [0.717, 1.165) is 50.5 Å². The summed E-state index contributed by atoms with van der Waals surface area (Å²) in [7, 11) is 1.71. The molecule has 12 nitrogen and oxygen atoms in total. The zero-order valence-corrected chi connectivity index (χ0v) is 20.0. The Kier molecular flexibility index (Phi) is 5.76. The minimum atomic E-state index is -0.741. The molecule has 0 spiro atoms. The summed E-state index contributed by atoms with van der Waals surface area (Å²) in [4.78, 5) is 46.2. The van der Waals surface area contributed by atoms with Crippen molar-refractivity contribution in [2.45, 2.75) is 63.3 Å². The fourth-order valence-electron chi connectivity index (χ4n) is 5.40. The minimum Gasteiger partial charge on any atom is -0.381 e. The van der Waals surface area contributed by atoms with Gasteiger partial charge in [0.05, 0.1) is 17.9 Å². The molecule has 1 unspecified atom stereocenters. The molecule has 0 radical (unpaired) electrons. The number of pyridine rings is 1. The average molecular weight is 493 g/mol. The third-order valence-corrected chi connectivity index (χ3v) is 7.30. The first kappa shape index (κ1) is 22.8. The van der Waals surface area contributed by atoms with Crippen LogP contribution in [0.1, 0.15) is 67.7 Å². The van der Waals surface area contributed by atoms with Crippen molar-refractivity contribution >= 4 is 28.2 Å². The molecule has 2 aliphatic rings. The first-order valence-corrected chi connectivity index (χ1v) is 12.3. The highest BCUT2D eigenvalue weighted by Gasteiger charge is 2.28. The third kappa shape index (κ3) is 3.86. The lowest BCUT2D eigenvalue weighted by molar-refractivity contribution is -0.0295. The molecule has 3 N–H and O–H groups in total. The van der Waals surface area contributed by atoms with Crippen LogP contribution >= 0.6 is 0 Å². The third-order valence-electron chi connectivity index (χ3n) is 7.30. The van der Waals surface area contributed by atoms with Crippen LogP contribution in [-0.2, 0) is 9.47 Å². The number of carbonyl (C=O) groups excluding carboxylic acids is 1. The number of imidazole rings is 2. The Balaban J connectivity index is 1.47. The van der Waals surface area contributed by atoms with E-state index in [1.807, 2.05) is 10.6 Å². The molecule has 1 saturated heterocycles. The second-order valence-electron chi connectivity index (χ2n) is 9.46. The molecule has 4 aromatic heterocycles. The van der Waals surface area contributed by atoms with E-state index in [-0.39, 0.29) is 41.1 Å². The molecular weight excluding hydrogens is 464 g/mol. The summed E-state index contributed by atoms with van der Waals surface area (Å²) in [6.07, 6.45) is 9.66. The molecule has 1 amide bonds. The molecule has 188 valence electrons. The summed E-state index contributed by atoms with van der Waals surface area (Å²) >= 11 is 0. The molecule has 1 atom stereocenters. The molecule has 2 fully saturated rings. The molecule has 1 aliphatic carbocycles. The van der Waals surface area contributed by atoms with Crippen molar-refractivity contribution in [2.75, 3.05) is 13.7 Å².